The van der Waals surface area contributed by atoms with E-state index >= 15 is 0 Å². The maximum absolute atomic E-state index is 11.2. The number of aromatic hydroxyl groups is 1. The van der Waals surface area contributed by atoms with Gasteiger partial charge in [-0.15, -0.1) is 0 Å². The van der Waals surface area contributed by atoms with Crippen LogP contribution in [0.2, 0.25) is 0 Å². The van der Waals surface area contributed by atoms with Gasteiger partial charge in [-0.3, -0.25) is 0 Å². The SMILES string of the molecule is Cc1cccc(Cc2ccc(-c3cnn4c(O)c(C(=O)O)cnc34)cc2C)c1. The molecule has 0 aliphatic heterocycles. The Labute approximate surface area is 161 Å². The van der Waals surface area contributed by atoms with E-state index in [2.05, 4.69) is 60.3 Å². The van der Waals surface area contributed by atoms with Crippen LogP contribution in [0.4, 0.5) is 0 Å². The summed E-state index contributed by atoms with van der Waals surface area (Å²) >= 11 is 0. The Hall–Kier alpha value is -3.67. The van der Waals surface area contributed by atoms with Gasteiger partial charge < -0.3 is 10.2 Å². The van der Waals surface area contributed by atoms with Gasteiger partial charge in [0, 0.05) is 11.8 Å². The number of hydrogen-bond donors (Lipinski definition) is 2. The molecule has 0 saturated heterocycles. The number of hydrogen-bond acceptors (Lipinski definition) is 4. The average molecular weight is 373 g/mol. The van der Waals surface area contributed by atoms with Crippen molar-refractivity contribution in [2.24, 2.45) is 0 Å². The standard InChI is InChI=1S/C22H19N3O3/c1-13-4-3-5-15(8-13)10-16-6-7-17(9-14(16)2)18-12-24-25-20(18)23-11-19(21(25)26)22(27)28/h3-9,11-12,26H,10H2,1-2H3,(H,27,28). The molecule has 0 amide bonds. The van der Waals surface area contributed by atoms with Crippen molar-refractivity contribution >= 4 is 11.6 Å². The molecule has 2 aromatic carbocycles. The second-order valence-electron chi connectivity index (χ2n) is 6.90. The van der Waals surface area contributed by atoms with Gasteiger partial charge in [-0.2, -0.15) is 9.61 Å². The number of rotatable bonds is 4. The molecule has 0 aliphatic carbocycles. The second-order valence-corrected chi connectivity index (χ2v) is 6.90. The number of aryl methyl sites for hydroxylation is 2. The first-order valence-electron chi connectivity index (χ1n) is 8.88. The average Bonchev–Trinajstić information content (AvgIpc) is 3.08. The fourth-order valence-corrected chi connectivity index (χ4v) is 3.38. The molecule has 0 spiro atoms. The molecule has 2 N–H and O–H groups in total. The van der Waals surface area contributed by atoms with Crippen molar-refractivity contribution in [2.45, 2.75) is 20.3 Å². The van der Waals surface area contributed by atoms with E-state index in [1.54, 1.807) is 6.20 Å². The molecule has 0 atom stereocenters. The topological polar surface area (TPSA) is 87.7 Å². The lowest BCUT2D eigenvalue weighted by Crippen LogP contribution is -2.03. The minimum Gasteiger partial charge on any atom is -0.493 e. The molecule has 4 aromatic rings. The van der Waals surface area contributed by atoms with Crippen LogP contribution >= 0.6 is 0 Å². The first-order chi connectivity index (χ1) is 13.4. The van der Waals surface area contributed by atoms with Crippen molar-refractivity contribution in [1.29, 1.82) is 0 Å². The Morgan fingerprint density at radius 1 is 1.11 bits per heavy atom. The van der Waals surface area contributed by atoms with E-state index in [0.29, 0.717) is 5.65 Å². The van der Waals surface area contributed by atoms with Crippen LogP contribution in [-0.4, -0.2) is 30.8 Å². The summed E-state index contributed by atoms with van der Waals surface area (Å²) in [6, 6.07) is 14.6. The predicted molar refractivity (Wildman–Crippen MR) is 106 cm³/mol. The Morgan fingerprint density at radius 3 is 2.64 bits per heavy atom. The lowest BCUT2D eigenvalue weighted by Gasteiger charge is -2.09. The van der Waals surface area contributed by atoms with E-state index in [1.165, 1.54) is 16.7 Å². The third-order valence-electron chi connectivity index (χ3n) is 4.86. The summed E-state index contributed by atoms with van der Waals surface area (Å²) in [5.74, 6) is -1.68. The van der Waals surface area contributed by atoms with Crippen molar-refractivity contribution in [3.63, 3.8) is 0 Å². The molecule has 6 nitrogen and oxygen atoms in total. The van der Waals surface area contributed by atoms with E-state index in [1.807, 2.05) is 6.07 Å². The molecule has 0 fully saturated rings. The maximum Gasteiger partial charge on any atom is 0.342 e. The van der Waals surface area contributed by atoms with Crippen molar-refractivity contribution in [3.8, 4) is 17.0 Å². The number of carbonyl (C=O) groups is 1. The molecule has 28 heavy (non-hydrogen) atoms. The van der Waals surface area contributed by atoms with Gasteiger partial charge in [0.05, 0.1) is 6.20 Å². The fraction of sp³-hybridized carbons (Fsp3) is 0.136. The minimum atomic E-state index is -1.25. The van der Waals surface area contributed by atoms with Crippen molar-refractivity contribution in [1.82, 2.24) is 14.6 Å². The maximum atomic E-state index is 11.2. The molecule has 2 aromatic heterocycles. The molecule has 0 unspecified atom stereocenters. The summed E-state index contributed by atoms with van der Waals surface area (Å²) in [6.07, 6.45) is 3.59. The van der Waals surface area contributed by atoms with E-state index in [4.69, 9.17) is 5.11 Å². The third kappa shape index (κ3) is 3.09. The molecule has 6 heteroatoms. The number of aromatic nitrogens is 3. The molecule has 2 heterocycles. The quantitative estimate of drug-likeness (QED) is 0.564. The van der Waals surface area contributed by atoms with E-state index in [0.717, 1.165) is 33.8 Å². The molecule has 140 valence electrons. The van der Waals surface area contributed by atoms with E-state index < -0.39 is 11.8 Å². The predicted octanol–water partition coefficient (Wildman–Crippen LogP) is 4.01. The number of carboxylic acids is 1. The van der Waals surface area contributed by atoms with Crippen LogP contribution in [0.3, 0.4) is 0 Å². The Morgan fingerprint density at radius 2 is 1.93 bits per heavy atom. The first-order valence-corrected chi connectivity index (χ1v) is 8.88. The van der Waals surface area contributed by atoms with Gasteiger partial charge in [-0.05, 0) is 42.5 Å². The van der Waals surface area contributed by atoms with Gasteiger partial charge in [-0.1, -0.05) is 48.0 Å². The van der Waals surface area contributed by atoms with Gasteiger partial charge in [0.15, 0.2) is 5.65 Å². The summed E-state index contributed by atoms with van der Waals surface area (Å²) in [4.78, 5) is 15.3. The fourth-order valence-electron chi connectivity index (χ4n) is 3.38. The van der Waals surface area contributed by atoms with Crippen LogP contribution in [-0.2, 0) is 6.42 Å². The van der Waals surface area contributed by atoms with E-state index in [-0.39, 0.29) is 5.56 Å². The number of nitrogens with zero attached hydrogens (tertiary/aromatic N) is 3. The molecular formula is C22H19N3O3. The highest BCUT2D eigenvalue weighted by Crippen LogP contribution is 2.29. The lowest BCUT2D eigenvalue weighted by atomic mass is 9.96. The second kappa shape index (κ2) is 6.81. The third-order valence-corrected chi connectivity index (χ3v) is 4.86. The normalized spacial score (nSPS) is 11.1. The summed E-state index contributed by atoms with van der Waals surface area (Å²) < 4.78 is 1.15. The van der Waals surface area contributed by atoms with Gasteiger partial charge in [0.1, 0.15) is 5.56 Å². The van der Waals surface area contributed by atoms with Crippen LogP contribution in [0.5, 0.6) is 5.88 Å². The van der Waals surface area contributed by atoms with Crippen molar-refractivity contribution in [2.75, 3.05) is 0 Å². The smallest absolute Gasteiger partial charge is 0.342 e. The molecule has 0 aliphatic rings. The van der Waals surface area contributed by atoms with Gasteiger partial charge in [-0.25, -0.2) is 9.78 Å². The van der Waals surface area contributed by atoms with Gasteiger partial charge in [0.25, 0.3) is 0 Å². The summed E-state index contributed by atoms with van der Waals surface area (Å²) in [7, 11) is 0. The number of carboxylic acid groups (broad SMARTS) is 1. The first kappa shape index (κ1) is 17.7. The highest BCUT2D eigenvalue weighted by atomic mass is 16.4. The van der Waals surface area contributed by atoms with Gasteiger partial charge in [0.2, 0.25) is 5.88 Å². The van der Waals surface area contributed by atoms with Gasteiger partial charge >= 0.3 is 5.97 Å². The largest absolute Gasteiger partial charge is 0.493 e. The summed E-state index contributed by atoms with van der Waals surface area (Å²) in [6.45, 7) is 4.15. The molecule has 0 bridgehead atoms. The van der Waals surface area contributed by atoms with Crippen molar-refractivity contribution < 1.29 is 15.0 Å². The monoisotopic (exact) mass is 373 g/mol. The van der Waals surface area contributed by atoms with Crippen molar-refractivity contribution in [3.05, 3.63) is 82.7 Å². The Balaban J connectivity index is 1.71. The zero-order valence-corrected chi connectivity index (χ0v) is 15.5. The molecular weight excluding hydrogens is 354 g/mol. The highest BCUT2D eigenvalue weighted by Gasteiger charge is 2.18. The van der Waals surface area contributed by atoms with Crippen LogP contribution in [0.1, 0.15) is 32.6 Å². The summed E-state index contributed by atoms with van der Waals surface area (Å²) in [5, 5.41) is 23.4. The highest BCUT2D eigenvalue weighted by molar-refractivity contribution is 5.90. The van der Waals surface area contributed by atoms with Crippen LogP contribution < -0.4 is 0 Å². The molecule has 0 radical (unpaired) electrons. The Kier molecular flexibility index (Phi) is 4.31. The van der Waals surface area contributed by atoms with Crippen LogP contribution in [0.15, 0.2) is 54.9 Å². The summed E-state index contributed by atoms with van der Waals surface area (Å²) in [5.41, 5.74) is 6.65. The number of fused-ring (bicyclic) bond motifs is 1. The number of benzene rings is 2. The molecule has 0 saturated carbocycles. The van der Waals surface area contributed by atoms with Crippen LogP contribution in [0, 0.1) is 13.8 Å². The lowest BCUT2D eigenvalue weighted by molar-refractivity contribution is 0.0692. The zero-order chi connectivity index (χ0) is 19.8. The number of aromatic carboxylic acids is 1. The van der Waals surface area contributed by atoms with Crippen LogP contribution in [0.25, 0.3) is 16.8 Å². The Bertz CT molecular complexity index is 1210. The molecule has 4 rings (SSSR count). The minimum absolute atomic E-state index is 0.285. The van der Waals surface area contributed by atoms with E-state index in [9.17, 15) is 9.90 Å². The zero-order valence-electron chi connectivity index (χ0n) is 15.5.